The smallest absolute Gasteiger partial charge is 0.413 e. The van der Waals surface area contributed by atoms with Crippen molar-refractivity contribution in [2.24, 2.45) is 0 Å². The molecule has 0 aromatic carbocycles. The Balaban J connectivity index is 2.25. The fourth-order valence-corrected chi connectivity index (χ4v) is 1.68. The van der Waals surface area contributed by atoms with E-state index in [9.17, 15) is 9.59 Å². The maximum absolute atomic E-state index is 11.4. The first-order chi connectivity index (χ1) is 7.61. The van der Waals surface area contributed by atoms with Gasteiger partial charge in [-0.2, -0.15) is 0 Å². The molecule has 0 saturated carbocycles. The van der Waals surface area contributed by atoms with E-state index in [1.54, 1.807) is 6.92 Å². The zero-order chi connectivity index (χ0) is 12.0. The van der Waals surface area contributed by atoms with Crippen molar-refractivity contribution < 1.29 is 14.3 Å². The molecule has 2 N–H and O–H groups in total. The second-order valence-electron chi connectivity index (χ2n) is 3.86. The van der Waals surface area contributed by atoms with Crippen LogP contribution in [0.15, 0.2) is 0 Å². The van der Waals surface area contributed by atoms with Crippen molar-refractivity contribution in [3.63, 3.8) is 0 Å². The minimum absolute atomic E-state index is 0.241. The summed E-state index contributed by atoms with van der Waals surface area (Å²) < 4.78 is 4.62. The molecule has 6 nitrogen and oxygen atoms in total. The Morgan fingerprint density at radius 3 is 2.94 bits per heavy atom. The van der Waals surface area contributed by atoms with Gasteiger partial charge in [-0.3, -0.25) is 15.0 Å². The lowest BCUT2D eigenvalue weighted by Crippen LogP contribution is -2.52. The van der Waals surface area contributed by atoms with Gasteiger partial charge in [0, 0.05) is 25.7 Å². The molecule has 1 rings (SSSR count). The number of amides is 2. The summed E-state index contributed by atoms with van der Waals surface area (Å²) in [6.45, 7) is 6.77. The second-order valence-corrected chi connectivity index (χ2v) is 3.86. The number of nitrogens with zero attached hydrogens (tertiary/aromatic N) is 1. The molecule has 0 aromatic heterocycles. The van der Waals surface area contributed by atoms with E-state index < -0.39 is 6.09 Å². The molecule has 0 aromatic rings. The normalized spacial score (nSPS) is 21.5. The summed E-state index contributed by atoms with van der Waals surface area (Å²) in [6.07, 6.45) is -0.671. The summed E-state index contributed by atoms with van der Waals surface area (Å²) >= 11 is 0. The van der Waals surface area contributed by atoms with E-state index in [0.29, 0.717) is 6.04 Å². The first-order valence-electron chi connectivity index (χ1n) is 5.54. The predicted octanol–water partition coefficient (Wildman–Crippen LogP) is -0.447. The fraction of sp³-hybridized carbons (Fsp3) is 0.800. The third-order valence-electron chi connectivity index (χ3n) is 2.34. The lowest BCUT2D eigenvalue weighted by atomic mass is 10.2. The van der Waals surface area contributed by atoms with Crippen molar-refractivity contribution in [2.45, 2.75) is 19.9 Å². The molecule has 0 bridgehead atoms. The standard InChI is InChI=1S/C10H19N3O3/c1-3-16-10(15)12-9(14)7-13-5-4-11-8(2)6-13/h8,11H,3-7H2,1-2H3,(H,12,14,15)/t8-/m1/s1. The number of carbonyl (C=O) groups excluding carboxylic acids is 2. The van der Waals surface area contributed by atoms with Gasteiger partial charge >= 0.3 is 6.09 Å². The van der Waals surface area contributed by atoms with E-state index in [1.807, 2.05) is 4.90 Å². The van der Waals surface area contributed by atoms with E-state index in [-0.39, 0.29) is 19.1 Å². The van der Waals surface area contributed by atoms with Gasteiger partial charge in [-0.25, -0.2) is 4.79 Å². The maximum atomic E-state index is 11.4. The van der Waals surface area contributed by atoms with Gasteiger partial charge in [0.15, 0.2) is 0 Å². The topological polar surface area (TPSA) is 70.7 Å². The molecule has 6 heteroatoms. The minimum Gasteiger partial charge on any atom is -0.450 e. The highest BCUT2D eigenvalue weighted by atomic mass is 16.5. The maximum Gasteiger partial charge on any atom is 0.413 e. The Morgan fingerprint density at radius 2 is 2.31 bits per heavy atom. The molecule has 0 spiro atoms. The van der Waals surface area contributed by atoms with Crippen LogP contribution >= 0.6 is 0 Å². The number of nitrogens with one attached hydrogen (secondary N) is 2. The van der Waals surface area contributed by atoms with Gasteiger partial charge in [0.2, 0.25) is 5.91 Å². The number of piperazine rings is 1. The lowest BCUT2D eigenvalue weighted by Gasteiger charge is -2.30. The second kappa shape index (κ2) is 6.44. The van der Waals surface area contributed by atoms with Crippen LogP contribution in [0.1, 0.15) is 13.8 Å². The third-order valence-corrected chi connectivity index (χ3v) is 2.34. The van der Waals surface area contributed by atoms with Crippen molar-refractivity contribution in [3.8, 4) is 0 Å². The monoisotopic (exact) mass is 229 g/mol. The van der Waals surface area contributed by atoms with Gasteiger partial charge in [-0.1, -0.05) is 0 Å². The van der Waals surface area contributed by atoms with Crippen LogP contribution in [0.3, 0.4) is 0 Å². The summed E-state index contributed by atoms with van der Waals surface area (Å²) in [6, 6.07) is 0.379. The molecule has 0 radical (unpaired) electrons. The zero-order valence-corrected chi connectivity index (χ0v) is 9.78. The lowest BCUT2D eigenvalue weighted by molar-refractivity contribution is -0.121. The number of hydrogen-bond acceptors (Lipinski definition) is 5. The molecule has 0 aliphatic carbocycles. The Bertz CT molecular complexity index is 258. The molecule has 1 aliphatic heterocycles. The van der Waals surface area contributed by atoms with Crippen molar-refractivity contribution in [1.29, 1.82) is 0 Å². The Labute approximate surface area is 95.3 Å². The molecule has 1 heterocycles. The van der Waals surface area contributed by atoms with E-state index in [4.69, 9.17) is 0 Å². The van der Waals surface area contributed by atoms with Crippen molar-refractivity contribution >= 4 is 12.0 Å². The molecule has 92 valence electrons. The van der Waals surface area contributed by atoms with Gasteiger partial charge in [0.25, 0.3) is 0 Å². The van der Waals surface area contributed by atoms with Crippen LogP contribution in [0.25, 0.3) is 0 Å². The Morgan fingerprint density at radius 1 is 1.56 bits per heavy atom. The highest BCUT2D eigenvalue weighted by Crippen LogP contribution is 1.97. The molecule has 0 unspecified atom stereocenters. The van der Waals surface area contributed by atoms with Crippen LogP contribution in [0.2, 0.25) is 0 Å². The van der Waals surface area contributed by atoms with Crippen LogP contribution in [0.5, 0.6) is 0 Å². The highest BCUT2D eigenvalue weighted by Gasteiger charge is 2.18. The highest BCUT2D eigenvalue weighted by molar-refractivity contribution is 5.92. The fourth-order valence-electron chi connectivity index (χ4n) is 1.68. The molecule has 1 fully saturated rings. The Kier molecular flexibility index (Phi) is 5.21. The van der Waals surface area contributed by atoms with Crippen molar-refractivity contribution in [2.75, 3.05) is 32.8 Å². The van der Waals surface area contributed by atoms with E-state index in [1.165, 1.54) is 0 Å². The van der Waals surface area contributed by atoms with Crippen molar-refractivity contribution in [1.82, 2.24) is 15.5 Å². The van der Waals surface area contributed by atoms with Gasteiger partial charge < -0.3 is 10.1 Å². The third kappa shape index (κ3) is 4.59. The largest absolute Gasteiger partial charge is 0.450 e. The molecule has 16 heavy (non-hydrogen) atoms. The molecular weight excluding hydrogens is 210 g/mol. The SMILES string of the molecule is CCOC(=O)NC(=O)CN1CCN[C@H](C)C1. The molecule has 2 amide bonds. The number of alkyl carbamates (subject to hydrolysis) is 1. The van der Waals surface area contributed by atoms with Crippen LogP contribution in [0, 0.1) is 0 Å². The average Bonchev–Trinajstić information content (AvgIpc) is 2.17. The number of rotatable bonds is 3. The number of imide groups is 1. The van der Waals surface area contributed by atoms with Gasteiger partial charge in [0.05, 0.1) is 13.2 Å². The van der Waals surface area contributed by atoms with Gasteiger partial charge in [-0.15, -0.1) is 0 Å². The molecule has 1 saturated heterocycles. The van der Waals surface area contributed by atoms with E-state index >= 15 is 0 Å². The molecule has 1 atom stereocenters. The van der Waals surface area contributed by atoms with Crippen LogP contribution in [0.4, 0.5) is 4.79 Å². The number of ether oxygens (including phenoxy) is 1. The number of carbonyl (C=O) groups is 2. The summed E-state index contributed by atoms with van der Waals surface area (Å²) in [5.74, 6) is -0.312. The zero-order valence-electron chi connectivity index (χ0n) is 9.78. The number of hydrogen-bond donors (Lipinski definition) is 2. The first kappa shape index (κ1) is 12.9. The average molecular weight is 229 g/mol. The van der Waals surface area contributed by atoms with Crippen LogP contribution in [-0.4, -0.2) is 55.7 Å². The molecule has 1 aliphatic rings. The van der Waals surface area contributed by atoms with Gasteiger partial charge in [-0.05, 0) is 13.8 Å². The first-order valence-corrected chi connectivity index (χ1v) is 5.54. The summed E-state index contributed by atoms with van der Waals surface area (Å²) in [5, 5.41) is 5.46. The predicted molar refractivity (Wildman–Crippen MR) is 59.1 cm³/mol. The van der Waals surface area contributed by atoms with Crippen LogP contribution < -0.4 is 10.6 Å². The quantitative estimate of drug-likeness (QED) is 0.686. The Hall–Kier alpha value is -1.14. The van der Waals surface area contributed by atoms with Crippen LogP contribution in [-0.2, 0) is 9.53 Å². The molecular formula is C10H19N3O3. The summed E-state index contributed by atoms with van der Waals surface area (Å²) in [7, 11) is 0. The van der Waals surface area contributed by atoms with Crippen molar-refractivity contribution in [3.05, 3.63) is 0 Å². The van der Waals surface area contributed by atoms with E-state index in [0.717, 1.165) is 19.6 Å². The summed E-state index contributed by atoms with van der Waals surface area (Å²) in [4.78, 5) is 24.4. The van der Waals surface area contributed by atoms with E-state index in [2.05, 4.69) is 22.3 Å². The minimum atomic E-state index is -0.671. The summed E-state index contributed by atoms with van der Waals surface area (Å²) in [5.41, 5.74) is 0. The van der Waals surface area contributed by atoms with Gasteiger partial charge in [0.1, 0.15) is 0 Å².